The van der Waals surface area contributed by atoms with Crippen LogP contribution in [0.25, 0.3) is 0 Å². The molecule has 2 N–H and O–H groups in total. The predicted octanol–water partition coefficient (Wildman–Crippen LogP) is 4.02. The summed E-state index contributed by atoms with van der Waals surface area (Å²) >= 11 is 0. The Bertz CT molecular complexity index is 1120. The van der Waals surface area contributed by atoms with E-state index in [2.05, 4.69) is 10.0 Å². The lowest BCUT2D eigenvalue weighted by molar-refractivity contribution is -0.385. The second-order valence-corrected chi connectivity index (χ2v) is 7.73. The van der Waals surface area contributed by atoms with Crippen molar-refractivity contribution in [1.29, 1.82) is 0 Å². The van der Waals surface area contributed by atoms with Crippen molar-refractivity contribution in [3.05, 3.63) is 88.5 Å². The molecule has 3 aromatic rings. The number of nitro groups is 1. The van der Waals surface area contributed by atoms with Crippen LogP contribution in [0.1, 0.15) is 5.56 Å². The second-order valence-electron chi connectivity index (χ2n) is 6.08. The Kier molecular flexibility index (Phi) is 5.99. The Morgan fingerprint density at radius 3 is 2.34 bits per heavy atom. The number of nitrogens with one attached hydrogen (secondary N) is 2. The fourth-order valence-electron chi connectivity index (χ4n) is 2.71. The fourth-order valence-corrected chi connectivity index (χ4v) is 3.99. The third-order valence-electron chi connectivity index (χ3n) is 4.14. The van der Waals surface area contributed by atoms with E-state index in [1.165, 1.54) is 19.2 Å². The zero-order valence-electron chi connectivity index (χ0n) is 15.5. The average molecular weight is 413 g/mol. The number of rotatable bonds is 8. The molecule has 150 valence electrons. The van der Waals surface area contributed by atoms with Gasteiger partial charge in [-0.3, -0.25) is 14.8 Å². The highest BCUT2D eigenvalue weighted by Gasteiger charge is 2.23. The van der Waals surface area contributed by atoms with Gasteiger partial charge in [0.2, 0.25) is 0 Å². The molecule has 0 unspecified atom stereocenters. The van der Waals surface area contributed by atoms with E-state index >= 15 is 0 Å². The molecule has 0 aromatic heterocycles. The molecule has 0 saturated carbocycles. The molecule has 9 heteroatoms. The van der Waals surface area contributed by atoms with E-state index in [1.807, 2.05) is 30.3 Å². The van der Waals surface area contributed by atoms with Crippen LogP contribution in [0.15, 0.2) is 77.7 Å². The van der Waals surface area contributed by atoms with E-state index in [4.69, 9.17) is 4.74 Å². The average Bonchev–Trinajstić information content (AvgIpc) is 2.73. The quantitative estimate of drug-likeness (QED) is 0.426. The van der Waals surface area contributed by atoms with Crippen molar-refractivity contribution in [2.75, 3.05) is 17.1 Å². The lowest BCUT2D eigenvalue weighted by Crippen LogP contribution is -2.16. The molecule has 0 aliphatic rings. The molecule has 0 fully saturated rings. The van der Waals surface area contributed by atoms with Crippen molar-refractivity contribution in [3.8, 4) is 5.75 Å². The molecular formula is C20H19N3O5S. The summed E-state index contributed by atoms with van der Waals surface area (Å²) in [4.78, 5) is 10.3. The summed E-state index contributed by atoms with van der Waals surface area (Å²) in [5.41, 5.74) is 1.10. The molecule has 0 amide bonds. The van der Waals surface area contributed by atoms with Crippen LogP contribution in [0.2, 0.25) is 0 Å². The van der Waals surface area contributed by atoms with Crippen LogP contribution >= 0.6 is 0 Å². The summed E-state index contributed by atoms with van der Waals surface area (Å²) in [6.07, 6.45) is 0. The van der Waals surface area contributed by atoms with Crippen molar-refractivity contribution < 1.29 is 18.1 Å². The van der Waals surface area contributed by atoms with E-state index in [1.54, 1.807) is 24.3 Å². The van der Waals surface area contributed by atoms with Crippen molar-refractivity contribution >= 4 is 27.1 Å². The fraction of sp³-hybridized carbons (Fsp3) is 0.100. The molecule has 0 aliphatic carbocycles. The summed E-state index contributed by atoms with van der Waals surface area (Å²) in [7, 11) is -2.71. The Morgan fingerprint density at radius 1 is 0.966 bits per heavy atom. The van der Waals surface area contributed by atoms with Gasteiger partial charge in [-0.05, 0) is 23.8 Å². The predicted molar refractivity (Wildman–Crippen MR) is 111 cm³/mol. The first-order chi connectivity index (χ1) is 13.9. The lowest BCUT2D eigenvalue weighted by Gasteiger charge is -2.15. The van der Waals surface area contributed by atoms with Crippen LogP contribution in [-0.2, 0) is 16.6 Å². The van der Waals surface area contributed by atoms with Crippen molar-refractivity contribution in [2.24, 2.45) is 0 Å². The van der Waals surface area contributed by atoms with Crippen LogP contribution in [0, 0.1) is 10.1 Å². The zero-order chi connectivity index (χ0) is 20.9. The van der Waals surface area contributed by atoms with E-state index in [0.717, 1.165) is 11.6 Å². The zero-order valence-corrected chi connectivity index (χ0v) is 16.3. The number of hydrogen-bond donors (Lipinski definition) is 2. The molecule has 0 bridgehead atoms. The Morgan fingerprint density at radius 2 is 1.66 bits per heavy atom. The molecular weight excluding hydrogens is 394 g/mol. The molecule has 29 heavy (non-hydrogen) atoms. The summed E-state index contributed by atoms with van der Waals surface area (Å²) in [5.74, 6) is 0.334. The van der Waals surface area contributed by atoms with Gasteiger partial charge in [0.25, 0.3) is 15.7 Å². The largest absolute Gasteiger partial charge is 0.495 e. The third kappa shape index (κ3) is 4.82. The van der Waals surface area contributed by atoms with E-state index < -0.39 is 14.9 Å². The Hall–Kier alpha value is -3.59. The summed E-state index contributed by atoms with van der Waals surface area (Å²) in [5, 5.41) is 14.2. The van der Waals surface area contributed by atoms with E-state index in [0.29, 0.717) is 12.3 Å². The van der Waals surface area contributed by atoms with Crippen LogP contribution in [0.3, 0.4) is 0 Å². The van der Waals surface area contributed by atoms with Gasteiger partial charge >= 0.3 is 0 Å². The Labute approximate surface area is 168 Å². The molecule has 3 aromatic carbocycles. The highest BCUT2D eigenvalue weighted by Crippen LogP contribution is 2.31. The first-order valence-electron chi connectivity index (χ1n) is 8.63. The minimum atomic E-state index is -4.13. The van der Waals surface area contributed by atoms with Gasteiger partial charge in [0.1, 0.15) is 10.6 Å². The van der Waals surface area contributed by atoms with Gasteiger partial charge in [0, 0.05) is 18.7 Å². The summed E-state index contributed by atoms with van der Waals surface area (Å²) in [6, 6.07) is 19.6. The van der Waals surface area contributed by atoms with Crippen LogP contribution in [0.5, 0.6) is 5.75 Å². The maximum atomic E-state index is 13.0. The third-order valence-corrected chi connectivity index (χ3v) is 5.55. The number of hydrogen-bond acceptors (Lipinski definition) is 6. The van der Waals surface area contributed by atoms with Crippen molar-refractivity contribution in [2.45, 2.75) is 11.4 Å². The van der Waals surface area contributed by atoms with E-state index in [-0.39, 0.29) is 22.0 Å². The van der Waals surface area contributed by atoms with Gasteiger partial charge in [-0.15, -0.1) is 0 Å². The molecule has 3 rings (SSSR count). The minimum Gasteiger partial charge on any atom is -0.495 e. The van der Waals surface area contributed by atoms with Crippen molar-refractivity contribution in [1.82, 2.24) is 0 Å². The number of nitro benzene ring substituents is 1. The maximum absolute atomic E-state index is 13.0. The molecule has 0 spiro atoms. The highest BCUT2D eigenvalue weighted by atomic mass is 32.2. The topological polar surface area (TPSA) is 111 Å². The number of anilines is 2. The lowest BCUT2D eigenvalue weighted by atomic mass is 10.2. The standard InChI is InChI=1S/C20H19N3O5S/c1-28-19-10-6-5-9-17(19)22-29(26,27)20-13-16(23(24)25)11-12-18(20)21-14-15-7-3-2-4-8-15/h2-13,21-22H,14H2,1H3. The monoisotopic (exact) mass is 413 g/mol. The Balaban J connectivity index is 1.98. The summed E-state index contributed by atoms with van der Waals surface area (Å²) in [6.45, 7) is 0.357. The van der Waals surface area contributed by atoms with Gasteiger partial charge in [-0.25, -0.2) is 8.42 Å². The number of ether oxygens (including phenoxy) is 1. The number of non-ortho nitro benzene ring substituents is 1. The highest BCUT2D eigenvalue weighted by molar-refractivity contribution is 7.93. The van der Waals surface area contributed by atoms with Gasteiger partial charge in [-0.2, -0.15) is 0 Å². The van der Waals surface area contributed by atoms with Crippen LogP contribution in [-0.4, -0.2) is 20.5 Å². The molecule has 0 saturated heterocycles. The van der Waals surface area contributed by atoms with Gasteiger partial charge in [0.05, 0.1) is 23.4 Å². The molecule has 0 heterocycles. The van der Waals surface area contributed by atoms with Gasteiger partial charge in [-0.1, -0.05) is 42.5 Å². The smallest absolute Gasteiger partial charge is 0.270 e. The van der Waals surface area contributed by atoms with Crippen LogP contribution < -0.4 is 14.8 Å². The first kappa shape index (κ1) is 20.2. The van der Waals surface area contributed by atoms with E-state index in [9.17, 15) is 18.5 Å². The van der Waals surface area contributed by atoms with Gasteiger partial charge in [0.15, 0.2) is 0 Å². The maximum Gasteiger partial charge on any atom is 0.270 e. The SMILES string of the molecule is COc1ccccc1NS(=O)(=O)c1cc([N+](=O)[O-])ccc1NCc1ccccc1. The van der Waals surface area contributed by atoms with Crippen molar-refractivity contribution in [3.63, 3.8) is 0 Å². The number of nitrogens with zero attached hydrogens (tertiary/aromatic N) is 1. The molecule has 0 radical (unpaired) electrons. The number of benzene rings is 3. The molecule has 0 atom stereocenters. The number of methoxy groups -OCH3 is 1. The number of para-hydroxylation sites is 2. The molecule has 8 nitrogen and oxygen atoms in total. The molecule has 0 aliphatic heterocycles. The second kappa shape index (κ2) is 8.61. The first-order valence-corrected chi connectivity index (χ1v) is 10.1. The van der Waals surface area contributed by atoms with Gasteiger partial charge < -0.3 is 10.1 Å². The number of sulfonamides is 1. The normalized spacial score (nSPS) is 10.9. The summed E-state index contributed by atoms with van der Waals surface area (Å²) < 4.78 is 33.7. The van der Waals surface area contributed by atoms with Crippen LogP contribution in [0.4, 0.5) is 17.1 Å². The minimum absolute atomic E-state index is 0.228.